The third kappa shape index (κ3) is 4.89. The summed E-state index contributed by atoms with van der Waals surface area (Å²) in [6.45, 7) is 3.62. The Morgan fingerprint density at radius 3 is 3.04 bits per heavy atom. The molecule has 1 fully saturated rings. The molecule has 1 aromatic heterocycles. The lowest BCUT2D eigenvalue weighted by Crippen LogP contribution is -2.33. The maximum absolute atomic E-state index is 5.99. The molecule has 25 heavy (non-hydrogen) atoms. The molecule has 0 amide bonds. The Balaban J connectivity index is 1.44. The zero-order chi connectivity index (χ0) is 17.5. The molecule has 1 aromatic carbocycles. The van der Waals surface area contributed by atoms with E-state index < -0.39 is 0 Å². The summed E-state index contributed by atoms with van der Waals surface area (Å²) in [6.07, 6.45) is 2.11. The summed E-state index contributed by atoms with van der Waals surface area (Å²) in [5.74, 6) is 2.01. The van der Waals surface area contributed by atoms with Crippen molar-refractivity contribution < 1.29 is 4.74 Å². The Kier molecular flexibility index (Phi) is 6.17. The second-order valence-corrected chi connectivity index (χ2v) is 7.29. The van der Waals surface area contributed by atoms with Crippen molar-refractivity contribution in [3.05, 3.63) is 46.7 Å². The highest BCUT2D eigenvalue weighted by Crippen LogP contribution is 2.31. The van der Waals surface area contributed by atoms with Gasteiger partial charge in [-0.25, -0.2) is 0 Å². The van der Waals surface area contributed by atoms with Gasteiger partial charge in [-0.1, -0.05) is 18.2 Å². The number of para-hydroxylation sites is 2. The molecule has 0 bridgehead atoms. The van der Waals surface area contributed by atoms with Gasteiger partial charge in [0.15, 0.2) is 5.96 Å². The van der Waals surface area contributed by atoms with Gasteiger partial charge in [-0.05, 0) is 42.3 Å². The predicted molar refractivity (Wildman–Crippen MR) is 106 cm³/mol. The molecule has 1 atom stereocenters. The number of rotatable bonds is 7. The Hall–Kier alpha value is -2.21. The summed E-state index contributed by atoms with van der Waals surface area (Å²) in [5.41, 5.74) is 7.16. The number of guanidine groups is 1. The second kappa shape index (κ2) is 8.76. The molecule has 1 unspecified atom stereocenters. The number of ether oxygens (including phenoxy) is 1. The minimum atomic E-state index is 0.530. The maximum Gasteiger partial charge on any atom is 0.188 e. The van der Waals surface area contributed by atoms with Gasteiger partial charge in [0.2, 0.25) is 0 Å². The van der Waals surface area contributed by atoms with Crippen LogP contribution in [-0.4, -0.2) is 39.2 Å². The molecule has 0 radical (unpaired) electrons. The molecule has 2 aromatic rings. The Morgan fingerprint density at radius 2 is 2.24 bits per heavy atom. The van der Waals surface area contributed by atoms with Crippen molar-refractivity contribution in [2.45, 2.75) is 12.8 Å². The predicted octanol–water partition coefficient (Wildman–Crippen LogP) is 2.73. The van der Waals surface area contributed by atoms with E-state index in [0.717, 1.165) is 44.8 Å². The first-order valence-electron chi connectivity index (χ1n) is 8.70. The Bertz CT molecular complexity index is 686. The van der Waals surface area contributed by atoms with Crippen LogP contribution in [0.25, 0.3) is 0 Å². The first-order chi connectivity index (χ1) is 12.3. The zero-order valence-corrected chi connectivity index (χ0v) is 15.5. The highest BCUT2D eigenvalue weighted by Gasteiger charge is 2.24. The van der Waals surface area contributed by atoms with E-state index >= 15 is 0 Å². The largest absolute Gasteiger partial charge is 0.495 e. The quantitative estimate of drug-likeness (QED) is 0.590. The van der Waals surface area contributed by atoms with Crippen molar-refractivity contribution in [2.75, 3.05) is 38.2 Å². The number of anilines is 1. The summed E-state index contributed by atoms with van der Waals surface area (Å²) in [6, 6.07) is 12.4. The minimum Gasteiger partial charge on any atom is -0.495 e. The first kappa shape index (κ1) is 17.6. The topological polar surface area (TPSA) is 62.9 Å². The van der Waals surface area contributed by atoms with Gasteiger partial charge in [-0.3, -0.25) is 4.99 Å². The number of thiophene rings is 1. The van der Waals surface area contributed by atoms with Gasteiger partial charge in [0.25, 0.3) is 0 Å². The van der Waals surface area contributed by atoms with Crippen LogP contribution in [0.2, 0.25) is 0 Å². The number of nitrogens with two attached hydrogens (primary N) is 1. The lowest BCUT2D eigenvalue weighted by Gasteiger charge is -2.21. The van der Waals surface area contributed by atoms with E-state index in [0.29, 0.717) is 11.9 Å². The molecule has 1 aliphatic heterocycles. The van der Waals surface area contributed by atoms with Crippen LogP contribution in [0.1, 0.15) is 11.3 Å². The van der Waals surface area contributed by atoms with E-state index in [1.807, 2.05) is 12.1 Å². The molecule has 0 saturated carbocycles. The van der Waals surface area contributed by atoms with Gasteiger partial charge in [0.1, 0.15) is 5.75 Å². The molecule has 3 rings (SSSR count). The van der Waals surface area contributed by atoms with E-state index in [1.165, 1.54) is 10.6 Å². The Labute approximate surface area is 153 Å². The molecular weight excluding hydrogens is 332 g/mol. The Morgan fingerprint density at radius 1 is 1.36 bits per heavy atom. The highest BCUT2D eigenvalue weighted by atomic mass is 32.1. The number of nitrogens with one attached hydrogen (secondary N) is 1. The van der Waals surface area contributed by atoms with Crippen LogP contribution in [0.15, 0.2) is 46.8 Å². The molecular formula is C19H26N4OS. The van der Waals surface area contributed by atoms with Crippen LogP contribution < -0.4 is 20.7 Å². The molecule has 134 valence electrons. The second-order valence-electron chi connectivity index (χ2n) is 6.25. The van der Waals surface area contributed by atoms with Crippen LogP contribution >= 0.6 is 11.3 Å². The summed E-state index contributed by atoms with van der Waals surface area (Å²) in [7, 11) is 1.72. The number of benzene rings is 1. The van der Waals surface area contributed by atoms with Gasteiger partial charge >= 0.3 is 0 Å². The molecule has 1 saturated heterocycles. The maximum atomic E-state index is 5.99. The lowest BCUT2D eigenvalue weighted by molar-refractivity contribution is 0.414. The van der Waals surface area contributed by atoms with Crippen LogP contribution in [0.5, 0.6) is 5.75 Å². The number of aliphatic imine (C=N–C) groups is 1. The van der Waals surface area contributed by atoms with E-state index in [2.05, 4.69) is 44.9 Å². The summed E-state index contributed by atoms with van der Waals surface area (Å²) < 4.78 is 5.47. The smallest absolute Gasteiger partial charge is 0.188 e. The van der Waals surface area contributed by atoms with Gasteiger partial charge < -0.3 is 20.7 Å². The van der Waals surface area contributed by atoms with Crippen molar-refractivity contribution >= 4 is 23.0 Å². The monoisotopic (exact) mass is 358 g/mol. The number of methoxy groups -OCH3 is 1. The standard InChI is InChI=1S/C19H26N4OS/c1-24-18-7-3-2-6-17(18)23-11-9-15(14-23)13-22-19(20)21-10-8-16-5-4-12-25-16/h2-7,12,15H,8-11,13-14H2,1H3,(H3,20,21,22). The molecule has 6 heteroatoms. The highest BCUT2D eigenvalue weighted by molar-refractivity contribution is 7.09. The summed E-state index contributed by atoms with van der Waals surface area (Å²) in [4.78, 5) is 8.26. The fourth-order valence-electron chi connectivity index (χ4n) is 3.14. The van der Waals surface area contributed by atoms with Gasteiger partial charge in [-0.15, -0.1) is 11.3 Å². The van der Waals surface area contributed by atoms with E-state index in [-0.39, 0.29) is 0 Å². The number of nitrogens with zero attached hydrogens (tertiary/aromatic N) is 2. The van der Waals surface area contributed by atoms with E-state index in [9.17, 15) is 0 Å². The van der Waals surface area contributed by atoms with Crippen molar-refractivity contribution in [2.24, 2.45) is 16.6 Å². The van der Waals surface area contributed by atoms with Crippen molar-refractivity contribution in [3.8, 4) is 5.75 Å². The van der Waals surface area contributed by atoms with Crippen LogP contribution in [0.3, 0.4) is 0 Å². The fraction of sp³-hybridized carbons (Fsp3) is 0.421. The normalized spacial score (nSPS) is 17.7. The third-order valence-electron chi connectivity index (χ3n) is 4.49. The first-order valence-corrected chi connectivity index (χ1v) is 9.58. The fourth-order valence-corrected chi connectivity index (χ4v) is 3.85. The zero-order valence-electron chi connectivity index (χ0n) is 14.6. The molecule has 2 heterocycles. The average Bonchev–Trinajstić information content (AvgIpc) is 3.32. The number of hydrogen-bond donors (Lipinski definition) is 2. The average molecular weight is 359 g/mol. The van der Waals surface area contributed by atoms with Crippen LogP contribution in [0, 0.1) is 5.92 Å². The molecule has 0 aliphatic carbocycles. The van der Waals surface area contributed by atoms with E-state index in [1.54, 1.807) is 18.4 Å². The van der Waals surface area contributed by atoms with Crippen LogP contribution in [-0.2, 0) is 6.42 Å². The minimum absolute atomic E-state index is 0.530. The third-order valence-corrected chi connectivity index (χ3v) is 5.43. The molecule has 0 spiro atoms. The van der Waals surface area contributed by atoms with Crippen LogP contribution in [0.4, 0.5) is 5.69 Å². The van der Waals surface area contributed by atoms with E-state index in [4.69, 9.17) is 10.5 Å². The molecule has 1 aliphatic rings. The summed E-state index contributed by atoms with van der Waals surface area (Å²) >= 11 is 1.77. The van der Waals surface area contributed by atoms with Crippen molar-refractivity contribution in [1.82, 2.24) is 5.32 Å². The lowest BCUT2D eigenvalue weighted by atomic mass is 10.1. The van der Waals surface area contributed by atoms with Crippen molar-refractivity contribution in [1.29, 1.82) is 0 Å². The molecule has 3 N–H and O–H groups in total. The number of hydrogen-bond acceptors (Lipinski definition) is 4. The molecule has 5 nitrogen and oxygen atoms in total. The van der Waals surface area contributed by atoms with Gasteiger partial charge in [0.05, 0.1) is 12.8 Å². The summed E-state index contributed by atoms with van der Waals surface area (Å²) in [5, 5.41) is 5.30. The SMILES string of the molecule is COc1ccccc1N1CCC(CN=C(N)NCCc2cccs2)C1. The van der Waals surface area contributed by atoms with Gasteiger partial charge in [-0.2, -0.15) is 0 Å². The van der Waals surface area contributed by atoms with Gasteiger partial charge in [0, 0.05) is 31.1 Å². The van der Waals surface area contributed by atoms with Crippen molar-refractivity contribution in [3.63, 3.8) is 0 Å².